The average Bonchev–Trinajstić information content (AvgIpc) is 2.42. The molecule has 100 valence electrons. The van der Waals surface area contributed by atoms with Crippen molar-refractivity contribution in [2.75, 3.05) is 25.9 Å². The molecule has 2 aromatic carbocycles. The van der Waals surface area contributed by atoms with E-state index in [1.807, 2.05) is 30.3 Å². The van der Waals surface area contributed by atoms with Crippen LogP contribution in [0.15, 0.2) is 54.6 Å². The van der Waals surface area contributed by atoms with Gasteiger partial charge in [0.2, 0.25) is 0 Å². The second kappa shape index (κ2) is 6.81. The van der Waals surface area contributed by atoms with Gasteiger partial charge in [0.05, 0.1) is 0 Å². The molecule has 2 N–H and O–H groups in total. The lowest BCUT2D eigenvalue weighted by Gasteiger charge is -2.17. The number of ether oxygens (including phenoxy) is 1. The Hall–Kier alpha value is -2.00. The first-order valence-corrected chi connectivity index (χ1v) is 6.45. The summed E-state index contributed by atoms with van der Waals surface area (Å²) in [5.74, 6) is 0.863. The minimum atomic E-state index is 0.674. The number of hydrogen-bond donors (Lipinski definition) is 1. The predicted molar refractivity (Wildman–Crippen MR) is 79.1 cm³/mol. The fraction of sp³-hybridized carbons (Fsp3) is 0.250. The van der Waals surface area contributed by atoms with Crippen LogP contribution in [0.3, 0.4) is 0 Å². The van der Waals surface area contributed by atoms with Gasteiger partial charge in [-0.2, -0.15) is 0 Å². The Morgan fingerprint density at radius 1 is 1.00 bits per heavy atom. The molecule has 0 bridgehead atoms. The number of benzene rings is 2. The third-order valence-electron chi connectivity index (χ3n) is 2.92. The lowest BCUT2D eigenvalue weighted by atomic mass is 10.2. The van der Waals surface area contributed by atoms with E-state index in [0.29, 0.717) is 6.61 Å². The molecule has 0 aliphatic carbocycles. The molecule has 0 amide bonds. The normalized spacial score (nSPS) is 10.6. The van der Waals surface area contributed by atoms with E-state index in [1.54, 1.807) is 0 Å². The fourth-order valence-corrected chi connectivity index (χ4v) is 1.86. The van der Waals surface area contributed by atoms with Gasteiger partial charge in [0, 0.05) is 18.8 Å². The Morgan fingerprint density at radius 3 is 2.37 bits per heavy atom. The van der Waals surface area contributed by atoms with Crippen molar-refractivity contribution in [3.63, 3.8) is 0 Å². The van der Waals surface area contributed by atoms with Gasteiger partial charge in [-0.05, 0) is 36.9 Å². The van der Waals surface area contributed by atoms with Gasteiger partial charge >= 0.3 is 0 Å². The second-order valence-electron chi connectivity index (χ2n) is 4.64. The van der Waals surface area contributed by atoms with Crippen molar-refractivity contribution in [1.82, 2.24) is 4.90 Å². The van der Waals surface area contributed by atoms with E-state index >= 15 is 0 Å². The number of nitrogens with zero attached hydrogens (tertiary/aromatic N) is 1. The Kier molecular flexibility index (Phi) is 4.81. The van der Waals surface area contributed by atoms with Crippen LogP contribution < -0.4 is 10.5 Å². The lowest BCUT2D eigenvalue weighted by Crippen LogP contribution is -2.23. The molecule has 0 unspecified atom stereocenters. The Morgan fingerprint density at radius 2 is 1.68 bits per heavy atom. The zero-order valence-corrected chi connectivity index (χ0v) is 11.3. The van der Waals surface area contributed by atoms with E-state index in [2.05, 4.69) is 36.2 Å². The summed E-state index contributed by atoms with van der Waals surface area (Å²) in [5, 5.41) is 0. The molecule has 0 aromatic heterocycles. The number of anilines is 1. The average molecular weight is 256 g/mol. The highest BCUT2D eigenvalue weighted by atomic mass is 16.5. The fourth-order valence-electron chi connectivity index (χ4n) is 1.86. The maximum atomic E-state index is 5.67. The summed E-state index contributed by atoms with van der Waals surface area (Å²) in [4.78, 5) is 2.24. The highest BCUT2D eigenvalue weighted by Crippen LogP contribution is 2.13. The molecule has 0 atom stereocenters. The van der Waals surface area contributed by atoms with Crippen molar-refractivity contribution in [2.24, 2.45) is 0 Å². The van der Waals surface area contributed by atoms with Gasteiger partial charge in [-0.1, -0.05) is 30.3 Å². The van der Waals surface area contributed by atoms with Crippen LogP contribution >= 0.6 is 0 Å². The maximum Gasteiger partial charge on any atom is 0.119 e. The quantitative estimate of drug-likeness (QED) is 0.808. The first kappa shape index (κ1) is 13.4. The summed E-state index contributed by atoms with van der Waals surface area (Å²) in [5.41, 5.74) is 7.70. The smallest absolute Gasteiger partial charge is 0.119 e. The molecular weight excluding hydrogens is 236 g/mol. The van der Waals surface area contributed by atoms with Crippen LogP contribution in [0.2, 0.25) is 0 Å². The molecule has 0 heterocycles. The zero-order chi connectivity index (χ0) is 13.5. The van der Waals surface area contributed by atoms with Crippen LogP contribution in [0, 0.1) is 0 Å². The standard InChI is InChI=1S/C16H20N2O/c1-18(13-14-5-3-2-4-6-14)11-12-19-16-9-7-15(17)8-10-16/h2-10H,11-13,17H2,1H3. The number of hydrogen-bond acceptors (Lipinski definition) is 3. The molecule has 0 saturated carbocycles. The van der Waals surface area contributed by atoms with Crippen molar-refractivity contribution < 1.29 is 4.74 Å². The topological polar surface area (TPSA) is 38.5 Å². The van der Waals surface area contributed by atoms with Crippen LogP contribution in [0.5, 0.6) is 5.75 Å². The highest BCUT2D eigenvalue weighted by molar-refractivity contribution is 5.41. The number of nitrogens with two attached hydrogens (primary N) is 1. The highest BCUT2D eigenvalue weighted by Gasteiger charge is 2.00. The summed E-state index contributed by atoms with van der Waals surface area (Å²) in [6.07, 6.45) is 0. The van der Waals surface area contributed by atoms with Gasteiger partial charge < -0.3 is 10.5 Å². The van der Waals surface area contributed by atoms with Crippen molar-refractivity contribution in [2.45, 2.75) is 6.54 Å². The van der Waals surface area contributed by atoms with E-state index in [0.717, 1.165) is 24.5 Å². The third-order valence-corrected chi connectivity index (χ3v) is 2.92. The molecule has 0 fully saturated rings. The second-order valence-corrected chi connectivity index (χ2v) is 4.64. The van der Waals surface area contributed by atoms with E-state index in [9.17, 15) is 0 Å². The van der Waals surface area contributed by atoms with Gasteiger partial charge in [0.25, 0.3) is 0 Å². The van der Waals surface area contributed by atoms with Crippen LogP contribution in [0.4, 0.5) is 5.69 Å². The predicted octanol–water partition coefficient (Wildman–Crippen LogP) is 2.78. The molecule has 2 rings (SSSR count). The molecule has 0 aliphatic heterocycles. The third kappa shape index (κ3) is 4.64. The van der Waals surface area contributed by atoms with E-state index in [1.165, 1.54) is 5.56 Å². The van der Waals surface area contributed by atoms with Gasteiger partial charge in [0.15, 0.2) is 0 Å². The van der Waals surface area contributed by atoms with Crippen LogP contribution in [0.1, 0.15) is 5.56 Å². The van der Waals surface area contributed by atoms with Crippen LogP contribution in [0.25, 0.3) is 0 Å². The molecule has 0 saturated heterocycles. The summed E-state index contributed by atoms with van der Waals surface area (Å²) < 4.78 is 5.67. The van der Waals surface area contributed by atoms with Crippen molar-refractivity contribution in [1.29, 1.82) is 0 Å². The summed E-state index contributed by atoms with van der Waals surface area (Å²) in [7, 11) is 2.10. The molecule has 2 aromatic rings. The number of nitrogen functional groups attached to an aromatic ring is 1. The zero-order valence-electron chi connectivity index (χ0n) is 11.3. The first-order valence-electron chi connectivity index (χ1n) is 6.45. The molecule has 3 nitrogen and oxygen atoms in total. The van der Waals surface area contributed by atoms with Crippen LogP contribution in [-0.2, 0) is 6.54 Å². The molecule has 0 radical (unpaired) electrons. The molecule has 0 aliphatic rings. The van der Waals surface area contributed by atoms with Crippen molar-refractivity contribution >= 4 is 5.69 Å². The Labute approximate surface area is 114 Å². The van der Waals surface area contributed by atoms with Gasteiger partial charge in [-0.15, -0.1) is 0 Å². The van der Waals surface area contributed by atoms with Crippen molar-refractivity contribution in [3.8, 4) is 5.75 Å². The Bertz CT molecular complexity index is 482. The molecular formula is C16H20N2O. The minimum Gasteiger partial charge on any atom is -0.492 e. The van der Waals surface area contributed by atoms with E-state index in [-0.39, 0.29) is 0 Å². The van der Waals surface area contributed by atoms with Gasteiger partial charge in [0.1, 0.15) is 12.4 Å². The SMILES string of the molecule is CN(CCOc1ccc(N)cc1)Cc1ccccc1. The monoisotopic (exact) mass is 256 g/mol. The van der Waals surface area contributed by atoms with Gasteiger partial charge in [-0.25, -0.2) is 0 Å². The largest absolute Gasteiger partial charge is 0.492 e. The van der Waals surface area contributed by atoms with Gasteiger partial charge in [-0.3, -0.25) is 4.90 Å². The number of rotatable bonds is 6. The maximum absolute atomic E-state index is 5.67. The number of likely N-dealkylation sites (N-methyl/N-ethyl adjacent to an activating group) is 1. The summed E-state index contributed by atoms with van der Waals surface area (Å²) >= 11 is 0. The molecule has 19 heavy (non-hydrogen) atoms. The minimum absolute atomic E-state index is 0.674. The molecule has 0 spiro atoms. The van der Waals surface area contributed by atoms with Crippen LogP contribution in [-0.4, -0.2) is 25.1 Å². The summed E-state index contributed by atoms with van der Waals surface area (Å²) in [6, 6.07) is 17.9. The summed E-state index contributed by atoms with van der Waals surface area (Å²) in [6.45, 7) is 2.50. The molecule has 3 heteroatoms. The van der Waals surface area contributed by atoms with Crippen molar-refractivity contribution in [3.05, 3.63) is 60.2 Å². The Balaban J connectivity index is 1.72. The van der Waals surface area contributed by atoms with E-state index in [4.69, 9.17) is 10.5 Å². The first-order chi connectivity index (χ1) is 9.24. The van der Waals surface area contributed by atoms with E-state index < -0.39 is 0 Å². The lowest BCUT2D eigenvalue weighted by molar-refractivity contribution is 0.233.